The van der Waals surface area contributed by atoms with Crippen molar-refractivity contribution >= 4 is 28.2 Å². The van der Waals surface area contributed by atoms with Crippen LogP contribution < -0.4 is 15.0 Å². The Balaban J connectivity index is 1.73. The molecule has 0 bridgehead atoms. The van der Waals surface area contributed by atoms with E-state index < -0.39 is 0 Å². The standard InChI is InChI=1S/C18H21N3O2S/c1-23-14-8-4-3-7-12(14)13-11-15(22)19-17-16(13)24-18(20-17)21-9-5-2-6-10-21/h3-4,7-8,13H,2,5-6,9-11H2,1H3,(H,19,22)/t13-/m0/s1. The molecule has 1 atom stereocenters. The molecule has 0 spiro atoms. The molecule has 0 radical (unpaired) electrons. The molecule has 126 valence electrons. The predicted molar refractivity (Wildman–Crippen MR) is 96.3 cm³/mol. The van der Waals surface area contributed by atoms with Crippen LogP contribution in [0.2, 0.25) is 0 Å². The summed E-state index contributed by atoms with van der Waals surface area (Å²) in [5.41, 5.74) is 1.06. The van der Waals surface area contributed by atoms with E-state index in [-0.39, 0.29) is 11.8 Å². The van der Waals surface area contributed by atoms with Crippen molar-refractivity contribution in [2.75, 3.05) is 30.4 Å². The highest BCUT2D eigenvalue weighted by molar-refractivity contribution is 7.16. The number of rotatable bonds is 3. The number of hydrogen-bond donors (Lipinski definition) is 1. The van der Waals surface area contributed by atoms with Crippen molar-refractivity contribution < 1.29 is 9.53 Å². The third-order valence-electron chi connectivity index (χ3n) is 4.75. The average molecular weight is 343 g/mol. The molecule has 1 saturated heterocycles. The monoisotopic (exact) mass is 343 g/mol. The molecular formula is C18H21N3O2S. The highest BCUT2D eigenvalue weighted by Gasteiger charge is 2.32. The maximum Gasteiger partial charge on any atom is 0.226 e. The number of ether oxygens (including phenoxy) is 1. The van der Waals surface area contributed by atoms with Gasteiger partial charge in [0, 0.05) is 31.0 Å². The lowest BCUT2D eigenvalue weighted by Gasteiger charge is -2.25. The van der Waals surface area contributed by atoms with Gasteiger partial charge in [0.2, 0.25) is 5.91 Å². The molecular weight excluding hydrogens is 322 g/mol. The summed E-state index contributed by atoms with van der Waals surface area (Å²) in [5.74, 6) is 1.60. The lowest BCUT2D eigenvalue weighted by Crippen LogP contribution is -2.29. The summed E-state index contributed by atoms with van der Waals surface area (Å²) in [7, 11) is 1.68. The van der Waals surface area contributed by atoms with Crippen LogP contribution >= 0.6 is 11.3 Å². The van der Waals surface area contributed by atoms with E-state index >= 15 is 0 Å². The SMILES string of the molecule is COc1ccccc1[C@@H]1CC(=O)Nc2nc(N3CCCCC3)sc21. The first-order chi connectivity index (χ1) is 11.8. The number of carbonyl (C=O) groups excluding carboxylic acids is 1. The zero-order valence-corrected chi connectivity index (χ0v) is 14.6. The van der Waals surface area contributed by atoms with Crippen LogP contribution in [0.5, 0.6) is 5.75 Å². The van der Waals surface area contributed by atoms with Crippen LogP contribution in [-0.4, -0.2) is 31.1 Å². The molecule has 6 heteroatoms. The van der Waals surface area contributed by atoms with Crippen molar-refractivity contribution in [1.29, 1.82) is 0 Å². The summed E-state index contributed by atoms with van der Waals surface area (Å²) in [6.07, 6.45) is 4.16. The number of carbonyl (C=O) groups is 1. The molecule has 2 aliphatic rings. The molecule has 1 amide bonds. The van der Waals surface area contributed by atoms with Crippen molar-refractivity contribution in [3.05, 3.63) is 34.7 Å². The Bertz CT molecular complexity index is 752. The summed E-state index contributed by atoms with van der Waals surface area (Å²) >= 11 is 1.71. The quantitative estimate of drug-likeness (QED) is 0.925. The maximum absolute atomic E-state index is 12.2. The van der Waals surface area contributed by atoms with E-state index in [0.717, 1.165) is 40.2 Å². The van der Waals surface area contributed by atoms with Crippen molar-refractivity contribution in [3.8, 4) is 5.75 Å². The summed E-state index contributed by atoms with van der Waals surface area (Å²) in [5, 5.41) is 3.98. The van der Waals surface area contributed by atoms with E-state index in [1.54, 1.807) is 18.4 Å². The van der Waals surface area contributed by atoms with Crippen molar-refractivity contribution in [3.63, 3.8) is 0 Å². The van der Waals surface area contributed by atoms with Gasteiger partial charge in [0.05, 0.1) is 12.0 Å². The Kier molecular flexibility index (Phi) is 4.14. The Morgan fingerprint density at radius 3 is 2.83 bits per heavy atom. The van der Waals surface area contributed by atoms with Crippen LogP contribution in [0.15, 0.2) is 24.3 Å². The van der Waals surface area contributed by atoms with Gasteiger partial charge in [-0.25, -0.2) is 4.98 Å². The second-order valence-corrected chi connectivity index (χ2v) is 7.31. The number of aromatic nitrogens is 1. The lowest BCUT2D eigenvalue weighted by molar-refractivity contribution is -0.116. The minimum atomic E-state index is 0.0148. The highest BCUT2D eigenvalue weighted by atomic mass is 32.1. The zero-order chi connectivity index (χ0) is 16.5. The van der Waals surface area contributed by atoms with Crippen molar-refractivity contribution in [2.24, 2.45) is 0 Å². The van der Waals surface area contributed by atoms with E-state index in [1.807, 2.05) is 24.3 Å². The fraction of sp³-hybridized carbons (Fsp3) is 0.444. The van der Waals surface area contributed by atoms with Crippen molar-refractivity contribution in [2.45, 2.75) is 31.6 Å². The van der Waals surface area contributed by atoms with E-state index in [1.165, 1.54) is 19.3 Å². The van der Waals surface area contributed by atoms with Crippen LogP contribution in [-0.2, 0) is 4.79 Å². The number of para-hydroxylation sites is 1. The molecule has 5 nitrogen and oxygen atoms in total. The number of nitrogens with zero attached hydrogens (tertiary/aromatic N) is 2. The topological polar surface area (TPSA) is 54.5 Å². The number of nitrogens with one attached hydrogen (secondary N) is 1. The largest absolute Gasteiger partial charge is 0.496 e. The fourth-order valence-electron chi connectivity index (χ4n) is 3.53. The lowest BCUT2D eigenvalue weighted by atomic mass is 9.91. The summed E-state index contributed by atoms with van der Waals surface area (Å²) in [6, 6.07) is 7.95. The van der Waals surface area contributed by atoms with Gasteiger partial charge in [-0.1, -0.05) is 29.5 Å². The second-order valence-electron chi connectivity index (χ2n) is 6.30. The number of amides is 1. The highest BCUT2D eigenvalue weighted by Crippen LogP contribution is 2.45. The van der Waals surface area contributed by atoms with Crippen LogP contribution in [0, 0.1) is 0 Å². The van der Waals surface area contributed by atoms with Gasteiger partial charge in [-0.3, -0.25) is 4.79 Å². The second kappa shape index (κ2) is 6.43. The van der Waals surface area contributed by atoms with Crippen LogP contribution in [0.25, 0.3) is 0 Å². The Morgan fingerprint density at radius 1 is 1.25 bits per heavy atom. The molecule has 0 aliphatic carbocycles. The molecule has 1 fully saturated rings. The van der Waals surface area contributed by atoms with Gasteiger partial charge in [-0.05, 0) is 25.3 Å². The van der Waals surface area contributed by atoms with Gasteiger partial charge in [0.15, 0.2) is 5.13 Å². The molecule has 0 unspecified atom stereocenters. The minimum absolute atomic E-state index is 0.0148. The molecule has 1 aromatic heterocycles. The molecule has 1 aromatic carbocycles. The number of fused-ring (bicyclic) bond motifs is 1. The van der Waals surface area contributed by atoms with Gasteiger partial charge < -0.3 is 15.0 Å². The van der Waals surface area contributed by atoms with Crippen LogP contribution in [0.1, 0.15) is 42.0 Å². The number of piperidine rings is 1. The van der Waals surface area contributed by atoms with Gasteiger partial charge in [-0.2, -0.15) is 0 Å². The van der Waals surface area contributed by atoms with Gasteiger partial charge in [0.25, 0.3) is 0 Å². The Morgan fingerprint density at radius 2 is 2.04 bits per heavy atom. The Hall–Kier alpha value is -2.08. The normalized spacial score (nSPS) is 20.5. The molecule has 2 aliphatic heterocycles. The first kappa shape index (κ1) is 15.4. The van der Waals surface area contributed by atoms with E-state index in [0.29, 0.717) is 6.42 Å². The van der Waals surface area contributed by atoms with Crippen LogP contribution in [0.4, 0.5) is 10.9 Å². The smallest absolute Gasteiger partial charge is 0.226 e. The molecule has 1 N–H and O–H groups in total. The summed E-state index contributed by atoms with van der Waals surface area (Å²) < 4.78 is 5.51. The first-order valence-electron chi connectivity index (χ1n) is 8.44. The molecule has 4 rings (SSSR count). The molecule has 3 heterocycles. The van der Waals surface area contributed by atoms with E-state index in [4.69, 9.17) is 9.72 Å². The summed E-state index contributed by atoms with van der Waals surface area (Å²) in [6.45, 7) is 2.11. The number of thiazole rings is 1. The van der Waals surface area contributed by atoms with Crippen molar-refractivity contribution in [1.82, 2.24) is 4.98 Å². The average Bonchev–Trinajstić information content (AvgIpc) is 3.05. The zero-order valence-electron chi connectivity index (χ0n) is 13.7. The van der Waals surface area contributed by atoms with Crippen LogP contribution in [0.3, 0.4) is 0 Å². The van der Waals surface area contributed by atoms with E-state index in [2.05, 4.69) is 10.2 Å². The molecule has 24 heavy (non-hydrogen) atoms. The number of hydrogen-bond acceptors (Lipinski definition) is 5. The van der Waals surface area contributed by atoms with Gasteiger partial charge in [0.1, 0.15) is 11.6 Å². The van der Waals surface area contributed by atoms with E-state index in [9.17, 15) is 4.79 Å². The van der Waals surface area contributed by atoms with Gasteiger partial charge >= 0.3 is 0 Å². The number of methoxy groups -OCH3 is 1. The maximum atomic E-state index is 12.2. The Labute approximate surface area is 145 Å². The minimum Gasteiger partial charge on any atom is -0.496 e. The molecule has 0 saturated carbocycles. The predicted octanol–water partition coefficient (Wildman–Crippen LogP) is 3.62. The summed E-state index contributed by atoms with van der Waals surface area (Å²) in [4.78, 5) is 20.4. The van der Waals surface area contributed by atoms with Gasteiger partial charge in [-0.15, -0.1) is 0 Å². The third-order valence-corrected chi connectivity index (χ3v) is 5.98. The number of benzene rings is 1. The fourth-order valence-corrected chi connectivity index (χ4v) is 4.72. The number of anilines is 2. The molecule has 2 aromatic rings. The third kappa shape index (κ3) is 2.75. The first-order valence-corrected chi connectivity index (χ1v) is 9.26.